The number of amides is 2. The van der Waals surface area contributed by atoms with E-state index in [4.69, 9.17) is 0 Å². The van der Waals surface area contributed by atoms with Gasteiger partial charge in [0.15, 0.2) is 0 Å². The summed E-state index contributed by atoms with van der Waals surface area (Å²) in [6, 6.07) is 0.228. The highest BCUT2D eigenvalue weighted by Gasteiger charge is 2.32. The molecule has 1 fully saturated rings. The average molecular weight is 279 g/mol. The number of carbonyl (C=O) groups excluding carboxylic acids is 2. The maximum Gasteiger partial charge on any atom is 0.267 e. The molecule has 1 heterocycles. The van der Waals surface area contributed by atoms with Crippen molar-refractivity contribution in [3.05, 3.63) is 0 Å². The van der Waals surface area contributed by atoms with E-state index in [2.05, 4.69) is 36.6 Å². The van der Waals surface area contributed by atoms with E-state index in [-0.39, 0.29) is 17.9 Å². The zero-order valence-electron chi connectivity index (χ0n) is 12.6. The van der Waals surface area contributed by atoms with Crippen molar-refractivity contribution in [1.29, 1.82) is 0 Å². The summed E-state index contributed by atoms with van der Waals surface area (Å²) in [6.45, 7) is 6.68. The molecule has 1 aliphatic heterocycles. The van der Waals surface area contributed by atoms with Crippen molar-refractivity contribution in [2.24, 2.45) is 22.9 Å². The minimum Gasteiger partial charge on any atom is -0.348 e. The van der Waals surface area contributed by atoms with Gasteiger partial charge in [-0.1, -0.05) is 27.2 Å². The normalized spacial score (nSPS) is 30.7. The lowest BCUT2D eigenvalue weighted by Crippen LogP contribution is -2.48. The van der Waals surface area contributed by atoms with E-state index >= 15 is 0 Å². The van der Waals surface area contributed by atoms with Crippen molar-refractivity contribution in [1.82, 2.24) is 10.7 Å². The van der Waals surface area contributed by atoms with E-state index in [0.29, 0.717) is 36.3 Å². The number of rotatable bonds is 3. The molecule has 1 saturated carbocycles. The highest BCUT2D eigenvalue weighted by molar-refractivity contribution is 6.39. The first kappa shape index (κ1) is 15.0. The predicted molar refractivity (Wildman–Crippen MR) is 78.1 cm³/mol. The lowest BCUT2D eigenvalue weighted by molar-refractivity contribution is -0.121. The lowest BCUT2D eigenvalue weighted by Gasteiger charge is -2.37. The molecule has 5 nitrogen and oxygen atoms in total. The zero-order chi connectivity index (χ0) is 14.7. The van der Waals surface area contributed by atoms with Crippen molar-refractivity contribution in [3.63, 3.8) is 0 Å². The summed E-state index contributed by atoms with van der Waals surface area (Å²) >= 11 is 0. The average Bonchev–Trinajstić information content (AvgIpc) is 2.39. The Morgan fingerprint density at radius 1 is 1.35 bits per heavy atom. The third kappa shape index (κ3) is 3.58. The Morgan fingerprint density at radius 3 is 2.70 bits per heavy atom. The molecule has 2 amide bonds. The molecule has 3 atom stereocenters. The largest absolute Gasteiger partial charge is 0.348 e. The van der Waals surface area contributed by atoms with Crippen LogP contribution in [0.1, 0.15) is 52.9 Å². The number of nitrogens with zero attached hydrogens (tertiary/aromatic N) is 1. The zero-order valence-corrected chi connectivity index (χ0v) is 12.6. The summed E-state index contributed by atoms with van der Waals surface area (Å²) in [5.41, 5.74) is 2.83. The second-order valence-electron chi connectivity index (χ2n) is 6.50. The monoisotopic (exact) mass is 279 g/mol. The van der Waals surface area contributed by atoms with Crippen molar-refractivity contribution in [3.8, 4) is 0 Å². The molecule has 0 saturated heterocycles. The number of hydrogen-bond acceptors (Lipinski definition) is 3. The fourth-order valence-corrected chi connectivity index (χ4v) is 3.26. The van der Waals surface area contributed by atoms with E-state index < -0.39 is 0 Å². The topological polar surface area (TPSA) is 70.6 Å². The SMILES string of the molecule is CC1CCC(C(C)C)C(NC(=O)C2=NNC(=O)CC2)C1. The lowest BCUT2D eigenvalue weighted by atomic mass is 9.74. The Bertz CT molecular complexity index is 417. The summed E-state index contributed by atoms with van der Waals surface area (Å²) < 4.78 is 0. The third-order valence-corrected chi connectivity index (χ3v) is 4.51. The maximum atomic E-state index is 12.3. The molecule has 5 heteroatoms. The smallest absolute Gasteiger partial charge is 0.267 e. The summed E-state index contributed by atoms with van der Waals surface area (Å²) in [5.74, 6) is 1.53. The van der Waals surface area contributed by atoms with Gasteiger partial charge in [-0.2, -0.15) is 5.10 Å². The molecule has 0 spiro atoms. The van der Waals surface area contributed by atoms with Crippen LogP contribution in [0.4, 0.5) is 0 Å². The molecular weight excluding hydrogens is 254 g/mol. The molecule has 112 valence electrons. The van der Waals surface area contributed by atoms with Gasteiger partial charge in [0.2, 0.25) is 5.91 Å². The van der Waals surface area contributed by atoms with Crippen LogP contribution in [-0.2, 0) is 9.59 Å². The van der Waals surface area contributed by atoms with Crippen LogP contribution in [0.5, 0.6) is 0 Å². The van der Waals surface area contributed by atoms with Gasteiger partial charge in [0.25, 0.3) is 5.91 Å². The minimum absolute atomic E-state index is 0.116. The molecule has 0 aromatic rings. The first-order valence-corrected chi connectivity index (χ1v) is 7.63. The number of carbonyl (C=O) groups is 2. The maximum absolute atomic E-state index is 12.3. The van der Waals surface area contributed by atoms with Crippen LogP contribution in [0, 0.1) is 17.8 Å². The van der Waals surface area contributed by atoms with E-state index in [0.717, 1.165) is 6.42 Å². The van der Waals surface area contributed by atoms with Gasteiger partial charge in [0.1, 0.15) is 5.71 Å². The molecule has 2 aliphatic rings. The number of nitrogens with one attached hydrogen (secondary N) is 2. The van der Waals surface area contributed by atoms with Gasteiger partial charge in [-0.15, -0.1) is 0 Å². The van der Waals surface area contributed by atoms with Crippen LogP contribution in [0.15, 0.2) is 5.10 Å². The van der Waals surface area contributed by atoms with Gasteiger partial charge < -0.3 is 5.32 Å². The van der Waals surface area contributed by atoms with Crippen LogP contribution in [0.3, 0.4) is 0 Å². The molecule has 3 unspecified atom stereocenters. The summed E-state index contributed by atoms with van der Waals surface area (Å²) in [7, 11) is 0. The molecule has 20 heavy (non-hydrogen) atoms. The van der Waals surface area contributed by atoms with Crippen LogP contribution in [0.25, 0.3) is 0 Å². The second kappa shape index (κ2) is 6.37. The number of hydrogen-bond donors (Lipinski definition) is 2. The van der Waals surface area contributed by atoms with E-state index in [1.54, 1.807) is 0 Å². The van der Waals surface area contributed by atoms with Crippen molar-refractivity contribution < 1.29 is 9.59 Å². The van der Waals surface area contributed by atoms with Gasteiger partial charge in [0, 0.05) is 18.9 Å². The predicted octanol–water partition coefficient (Wildman–Crippen LogP) is 1.83. The van der Waals surface area contributed by atoms with Crippen LogP contribution < -0.4 is 10.7 Å². The molecule has 2 rings (SSSR count). The third-order valence-electron chi connectivity index (χ3n) is 4.51. The fourth-order valence-electron chi connectivity index (χ4n) is 3.26. The number of hydrazone groups is 1. The van der Waals surface area contributed by atoms with Crippen LogP contribution >= 0.6 is 0 Å². The van der Waals surface area contributed by atoms with Gasteiger partial charge >= 0.3 is 0 Å². The van der Waals surface area contributed by atoms with Crippen molar-refractivity contribution in [2.45, 2.75) is 58.9 Å². The fraction of sp³-hybridized carbons (Fsp3) is 0.800. The molecule has 1 aliphatic carbocycles. The second-order valence-corrected chi connectivity index (χ2v) is 6.50. The van der Waals surface area contributed by atoms with Gasteiger partial charge in [0.05, 0.1) is 0 Å². The Kier molecular flexibility index (Phi) is 4.78. The van der Waals surface area contributed by atoms with Crippen molar-refractivity contribution >= 4 is 17.5 Å². The standard InChI is InChI=1S/C15H25N3O2/c1-9(2)11-5-4-10(3)8-13(11)16-15(20)12-6-7-14(19)18-17-12/h9-11,13H,4-8H2,1-3H3,(H,16,20)(H,18,19). The molecule has 0 aromatic heterocycles. The Balaban J connectivity index is 1.99. The summed E-state index contributed by atoms with van der Waals surface area (Å²) in [4.78, 5) is 23.3. The van der Waals surface area contributed by atoms with Gasteiger partial charge in [-0.3, -0.25) is 9.59 Å². The highest BCUT2D eigenvalue weighted by atomic mass is 16.2. The van der Waals surface area contributed by atoms with E-state index in [1.165, 1.54) is 12.8 Å². The van der Waals surface area contributed by atoms with Gasteiger partial charge in [-0.25, -0.2) is 5.43 Å². The van der Waals surface area contributed by atoms with Crippen LogP contribution in [-0.4, -0.2) is 23.6 Å². The minimum atomic E-state index is -0.118. The molecule has 0 radical (unpaired) electrons. The van der Waals surface area contributed by atoms with E-state index in [1.807, 2.05) is 0 Å². The highest BCUT2D eigenvalue weighted by Crippen LogP contribution is 2.33. The molecule has 0 bridgehead atoms. The Labute approximate surface area is 120 Å². The Hall–Kier alpha value is -1.39. The van der Waals surface area contributed by atoms with E-state index in [9.17, 15) is 9.59 Å². The first-order chi connectivity index (χ1) is 9.47. The Morgan fingerprint density at radius 2 is 2.10 bits per heavy atom. The first-order valence-electron chi connectivity index (χ1n) is 7.63. The van der Waals surface area contributed by atoms with Gasteiger partial charge in [-0.05, 0) is 30.6 Å². The molecule has 2 N–H and O–H groups in total. The van der Waals surface area contributed by atoms with Crippen molar-refractivity contribution in [2.75, 3.05) is 0 Å². The molecular formula is C15H25N3O2. The molecule has 0 aromatic carbocycles. The summed E-state index contributed by atoms with van der Waals surface area (Å²) in [5, 5.41) is 7.01. The quantitative estimate of drug-likeness (QED) is 0.827. The van der Waals surface area contributed by atoms with Crippen LogP contribution in [0.2, 0.25) is 0 Å². The summed E-state index contributed by atoms with van der Waals surface area (Å²) in [6.07, 6.45) is 4.24.